The van der Waals surface area contributed by atoms with Crippen LogP contribution >= 0.6 is 0 Å². The zero-order valence-corrected chi connectivity index (χ0v) is 10.7. The average Bonchev–Trinajstić information content (AvgIpc) is 2.77. The van der Waals surface area contributed by atoms with Crippen LogP contribution in [0.5, 0.6) is 0 Å². The first kappa shape index (κ1) is 12.6. The second-order valence-electron chi connectivity index (χ2n) is 5.05. The van der Waals surface area contributed by atoms with E-state index in [2.05, 4.69) is 10.3 Å². The summed E-state index contributed by atoms with van der Waals surface area (Å²) >= 11 is 0. The topological polar surface area (TPSA) is 67.2 Å². The molecule has 6 nitrogen and oxygen atoms in total. The first-order valence-electron chi connectivity index (χ1n) is 6.05. The van der Waals surface area contributed by atoms with E-state index in [1.54, 1.807) is 31.3 Å². The van der Waals surface area contributed by atoms with Crippen LogP contribution < -0.4 is 5.32 Å². The molecule has 1 N–H and O–H groups in total. The molecule has 98 valence electrons. The molecule has 1 aliphatic heterocycles. The fourth-order valence-corrected chi connectivity index (χ4v) is 2.13. The minimum Gasteiger partial charge on any atom is -0.341 e. The smallest absolute Gasteiger partial charge is 0.248 e. The molecule has 0 saturated carbocycles. The number of rotatable bonds is 4. The van der Waals surface area contributed by atoms with Crippen molar-refractivity contribution in [2.24, 2.45) is 0 Å². The van der Waals surface area contributed by atoms with Crippen molar-refractivity contribution in [1.29, 1.82) is 0 Å². The Balaban J connectivity index is 1.88. The van der Waals surface area contributed by atoms with E-state index < -0.39 is 5.54 Å². The average molecular weight is 250 g/mol. The monoisotopic (exact) mass is 250 g/mol. The number of amides is 2. The van der Waals surface area contributed by atoms with Crippen LogP contribution in [0.25, 0.3) is 0 Å². The molecule has 1 aromatic rings. The van der Waals surface area contributed by atoms with Crippen molar-refractivity contribution < 1.29 is 9.59 Å². The number of aryl methyl sites for hydroxylation is 1. The van der Waals surface area contributed by atoms with Gasteiger partial charge in [0.05, 0.1) is 12.9 Å². The molecule has 0 bridgehead atoms. The van der Waals surface area contributed by atoms with Crippen LogP contribution in [0.4, 0.5) is 0 Å². The van der Waals surface area contributed by atoms with Crippen molar-refractivity contribution in [2.75, 3.05) is 13.1 Å². The molecule has 18 heavy (non-hydrogen) atoms. The highest BCUT2D eigenvalue weighted by Gasteiger charge is 2.38. The first-order chi connectivity index (χ1) is 8.49. The van der Waals surface area contributed by atoms with Gasteiger partial charge >= 0.3 is 0 Å². The SMILES string of the molecule is CC1(C)NC(=O)CN(CCCn2ccnc2)C1=O. The predicted molar refractivity (Wildman–Crippen MR) is 65.6 cm³/mol. The van der Waals surface area contributed by atoms with Crippen LogP contribution in [-0.2, 0) is 16.1 Å². The predicted octanol–water partition coefficient (Wildman–Crippen LogP) is 0.0102. The van der Waals surface area contributed by atoms with E-state index in [0.717, 1.165) is 13.0 Å². The number of hydrogen-bond donors (Lipinski definition) is 1. The molecule has 1 fully saturated rings. The lowest BCUT2D eigenvalue weighted by Gasteiger charge is -2.37. The molecule has 2 heterocycles. The molecular formula is C12H18N4O2. The van der Waals surface area contributed by atoms with Crippen LogP contribution in [0.2, 0.25) is 0 Å². The molecule has 0 spiro atoms. The number of nitrogens with zero attached hydrogens (tertiary/aromatic N) is 3. The van der Waals surface area contributed by atoms with Gasteiger partial charge in [-0.2, -0.15) is 0 Å². The minimum atomic E-state index is -0.787. The van der Waals surface area contributed by atoms with Gasteiger partial charge < -0.3 is 14.8 Å². The van der Waals surface area contributed by atoms with E-state index in [4.69, 9.17) is 0 Å². The summed E-state index contributed by atoms with van der Waals surface area (Å²) < 4.78 is 1.96. The molecular weight excluding hydrogens is 232 g/mol. The normalized spacial score (nSPS) is 18.9. The van der Waals surface area contributed by atoms with Crippen LogP contribution in [0, 0.1) is 0 Å². The lowest BCUT2D eigenvalue weighted by molar-refractivity contribution is -0.148. The molecule has 0 radical (unpaired) electrons. The van der Waals surface area contributed by atoms with Crippen LogP contribution in [0.1, 0.15) is 20.3 Å². The van der Waals surface area contributed by atoms with Gasteiger partial charge in [-0.3, -0.25) is 9.59 Å². The molecule has 1 saturated heterocycles. The third-order valence-electron chi connectivity index (χ3n) is 3.01. The van der Waals surface area contributed by atoms with E-state index in [-0.39, 0.29) is 18.4 Å². The maximum Gasteiger partial charge on any atom is 0.248 e. The van der Waals surface area contributed by atoms with Crippen molar-refractivity contribution in [1.82, 2.24) is 19.8 Å². The van der Waals surface area contributed by atoms with E-state index in [9.17, 15) is 9.59 Å². The van der Waals surface area contributed by atoms with Gasteiger partial charge in [0.15, 0.2) is 0 Å². The number of piperazine rings is 1. The molecule has 1 aromatic heterocycles. The van der Waals surface area contributed by atoms with E-state index in [1.807, 2.05) is 10.8 Å². The highest BCUT2D eigenvalue weighted by Crippen LogP contribution is 2.13. The summed E-state index contributed by atoms with van der Waals surface area (Å²) in [6.45, 7) is 5.01. The van der Waals surface area contributed by atoms with Gasteiger partial charge in [-0.05, 0) is 20.3 Å². The van der Waals surface area contributed by atoms with Crippen LogP contribution in [-0.4, -0.2) is 44.9 Å². The summed E-state index contributed by atoms with van der Waals surface area (Å²) in [5.41, 5.74) is -0.787. The zero-order chi connectivity index (χ0) is 13.2. The molecule has 0 atom stereocenters. The Morgan fingerprint density at radius 3 is 2.83 bits per heavy atom. The van der Waals surface area contributed by atoms with Gasteiger partial charge in [0, 0.05) is 25.5 Å². The number of imidazole rings is 1. The maximum absolute atomic E-state index is 12.1. The lowest BCUT2D eigenvalue weighted by Crippen LogP contribution is -2.63. The van der Waals surface area contributed by atoms with Crippen molar-refractivity contribution in [3.8, 4) is 0 Å². The van der Waals surface area contributed by atoms with E-state index in [0.29, 0.717) is 6.54 Å². The summed E-state index contributed by atoms with van der Waals surface area (Å²) in [7, 11) is 0. The minimum absolute atomic E-state index is 0.0206. The van der Waals surface area contributed by atoms with Crippen LogP contribution in [0.3, 0.4) is 0 Å². The van der Waals surface area contributed by atoms with Gasteiger partial charge in [-0.25, -0.2) is 4.98 Å². The number of hydrogen-bond acceptors (Lipinski definition) is 3. The third kappa shape index (κ3) is 2.69. The van der Waals surface area contributed by atoms with Gasteiger partial charge in [0.2, 0.25) is 11.8 Å². The highest BCUT2D eigenvalue weighted by molar-refractivity contribution is 5.97. The zero-order valence-electron chi connectivity index (χ0n) is 10.7. The Morgan fingerprint density at radius 2 is 2.17 bits per heavy atom. The Labute approximate surface area is 106 Å². The summed E-state index contributed by atoms with van der Waals surface area (Å²) in [5.74, 6) is -0.116. The standard InChI is InChI=1S/C12H18N4O2/c1-12(2)11(18)16(8-10(17)14-12)6-3-5-15-7-4-13-9-15/h4,7,9H,3,5-6,8H2,1-2H3,(H,14,17). The summed E-state index contributed by atoms with van der Waals surface area (Å²) in [6, 6.07) is 0. The largest absolute Gasteiger partial charge is 0.341 e. The van der Waals surface area contributed by atoms with Crippen molar-refractivity contribution in [3.63, 3.8) is 0 Å². The molecule has 6 heteroatoms. The number of carbonyl (C=O) groups is 2. The third-order valence-corrected chi connectivity index (χ3v) is 3.01. The second-order valence-corrected chi connectivity index (χ2v) is 5.05. The molecule has 0 aromatic carbocycles. The number of nitrogens with one attached hydrogen (secondary N) is 1. The Bertz CT molecular complexity index is 439. The quantitative estimate of drug-likeness (QED) is 0.818. The number of carbonyl (C=O) groups excluding carboxylic acids is 2. The molecule has 0 unspecified atom stereocenters. The Hall–Kier alpha value is -1.85. The van der Waals surface area contributed by atoms with Gasteiger partial charge in [-0.1, -0.05) is 0 Å². The first-order valence-corrected chi connectivity index (χ1v) is 6.05. The van der Waals surface area contributed by atoms with Crippen molar-refractivity contribution >= 4 is 11.8 Å². The van der Waals surface area contributed by atoms with E-state index in [1.165, 1.54) is 0 Å². The summed E-state index contributed by atoms with van der Waals surface area (Å²) in [5, 5.41) is 2.69. The summed E-state index contributed by atoms with van der Waals surface area (Å²) in [6.07, 6.45) is 6.16. The van der Waals surface area contributed by atoms with Gasteiger partial charge in [0.1, 0.15) is 5.54 Å². The molecule has 2 amide bonds. The Kier molecular flexibility index (Phi) is 3.36. The fraction of sp³-hybridized carbons (Fsp3) is 0.583. The van der Waals surface area contributed by atoms with Crippen molar-refractivity contribution in [3.05, 3.63) is 18.7 Å². The number of aromatic nitrogens is 2. The van der Waals surface area contributed by atoms with Gasteiger partial charge in [0.25, 0.3) is 0 Å². The molecule has 2 rings (SSSR count). The van der Waals surface area contributed by atoms with Gasteiger partial charge in [-0.15, -0.1) is 0 Å². The van der Waals surface area contributed by atoms with E-state index >= 15 is 0 Å². The Morgan fingerprint density at radius 1 is 1.39 bits per heavy atom. The molecule has 1 aliphatic rings. The maximum atomic E-state index is 12.1. The second kappa shape index (κ2) is 4.80. The fourth-order valence-electron chi connectivity index (χ4n) is 2.13. The molecule has 0 aliphatic carbocycles. The van der Waals surface area contributed by atoms with Crippen molar-refractivity contribution in [2.45, 2.75) is 32.4 Å². The highest BCUT2D eigenvalue weighted by atomic mass is 16.2. The summed E-state index contributed by atoms with van der Waals surface area (Å²) in [4.78, 5) is 29.2. The van der Waals surface area contributed by atoms with Crippen LogP contribution in [0.15, 0.2) is 18.7 Å². The lowest BCUT2D eigenvalue weighted by atomic mass is 10.0.